The van der Waals surface area contributed by atoms with Crippen molar-refractivity contribution < 1.29 is 9.53 Å². The molecular weight excluding hydrogens is 382 g/mol. The second-order valence-electron chi connectivity index (χ2n) is 9.60. The highest BCUT2D eigenvalue weighted by molar-refractivity contribution is 5.84. The molecule has 4 aliphatic rings. The first-order chi connectivity index (χ1) is 14.5. The quantitative estimate of drug-likeness (QED) is 0.309. The Morgan fingerprint density at radius 3 is 2.57 bits per heavy atom. The first-order valence-electron chi connectivity index (χ1n) is 11.6. The molecule has 3 aliphatic heterocycles. The van der Waals surface area contributed by atoms with Crippen LogP contribution in [0.3, 0.4) is 0 Å². The Balaban J connectivity index is 1.24. The van der Waals surface area contributed by atoms with E-state index in [0.29, 0.717) is 29.9 Å². The Labute approximate surface area is 179 Å². The number of carbonyl (C=O) groups is 1. The van der Waals surface area contributed by atoms with Crippen molar-refractivity contribution in [1.29, 1.82) is 10.9 Å². The van der Waals surface area contributed by atoms with E-state index in [0.717, 1.165) is 64.8 Å². The molecule has 0 aromatic heterocycles. The van der Waals surface area contributed by atoms with E-state index in [9.17, 15) is 4.79 Å². The Bertz CT molecular complexity index is 658. The van der Waals surface area contributed by atoms with Crippen LogP contribution in [0.2, 0.25) is 0 Å². The molecule has 0 aromatic rings. The number of rotatable bonds is 5. The van der Waals surface area contributed by atoms with Gasteiger partial charge in [-0.1, -0.05) is 5.22 Å². The second kappa shape index (κ2) is 8.78. The zero-order valence-electron chi connectivity index (χ0n) is 18.5. The Morgan fingerprint density at radius 1 is 1.17 bits per heavy atom. The van der Waals surface area contributed by atoms with Crippen LogP contribution < -0.4 is 0 Å². The fourth-order valence-corrected chi connectivity index (χ4v) is 6.21. The summed E-state index contributed by atoms with van der Waals surface area (Å²) in [5.74, 6) is 0.457. The lowest BCUT2D eigenvalue weighted by Gasteiger charge is -2.52. The molecule has 1 amide bonds. The molecule has 30 heavy (non-hydrogen) atoms. The third kappa shape index (κ3) is 4.06. The van der Waals surface area contributed by atoms with Crippen LogP contribution in [0.5, 0.6) is 0 Å². The van der Waals surface area contributed by atoms with E-state index in [4.69, 9.17) is 15.7 Å². The average molecular weight is 420 g/mol. The first-order valence-corrected chi connectivity index (χ1v) is 11.6. The summed E-state index contributed by atoms with van der Waals surface area (Å²) in [7, 11) is 1.70. The molecule has 0 aromatic carbocycles. The zero-order valence-corrected chi connectivity index (χ0v) is 18.5. The number of likely N-dealkylation sites (N-methyl/N-ethyl adjacent to an activating group) is 1. The van der Waals surface area contributed by atoms with Gasteiger partial charge in [-0.3, -0.25) is 10.3 Å². The fraction of sp³-hybridized carbons (Fsp3) is 0.905. The molecule has 2 N–H and O–H groups in total. The summed E-state index contributed by atoms with van der Waals surface area (Å²) in [6.07, 6.45) is 7.83. The van der Waals surface area contributed by atoms with Gasteiger partial charge in [-0.2, -0.15) is 5.53 Å². The normalized spacial score (nSPS) is 32.9. The summed E-state index contributed by atoms with van der Waals surface area (Å²) in [5, 5.41) is 13.2. The molecule has 1 saturated carbocycles. The van der Waals surface area contributed by atoms with Crippen molar-refractivity contribution in [3.8, 4) is 0 Å². The summed E-state index contributed by atoms with van der Waals surface area (Å²) in [4.78, 5) is 19.1. The fourth-order valence-electron chi connectivity index (χ4n) is 6.21. The molecule has 9 heteroatoms. The van der Waals surface area contributed by atoms with Gasteiger partial charge >= 0.3 is 6.09 Å². The molecule has 0 bridgehead atoms. The molecule has 0 radical (unpaired) electrons. The topological polar surface area (TPSA) is 99.3 Å². The molecule has 9 nitrogen and oxygen atoms in total. The van der Waals surface area contributed by atoms with Crippen molar-refractivity contribution in [2.75, 3.05) is 46.4 Å². The van der Waals surface area contributed by atoms with Crippen LogP contribution in [0.25, 0.3) is 0 Å². The lowest BCUT2D eigenvalue weighted by atomic mass is 9.64. The number of hydrogen-bond acceptors (Lipinski definition) is 7. The Morgan fingerprint density at radius 2 is 1.90 bits per heavy atom. The average Bonchev–Trinajstić information content (AvgIpc) is 3.39. The largest absolute Gasteiger partial charge is 0.450 e. The van der Waals surface area contributed by atoms with Gasteiger partial charge in [0, 0.05) is 32.2 Å². The lowest BCUT2D eigenvalue weighted by Crippen LogP contribution is -2.57. The molecule has 1 aliphatic carbocycles. The number of hydrogen-bond donors (Lipinski definition) is 2. The maximum absolute atomic E-state index is 12.0. The number of amidine groups is 1. The van der Waals surface area contributed by atoms with Gasteiger partial charge in [0.2, 0.25) is 0 Å². The van der Waals surface area contributed by atoms with Gasteiger partial charge < -0.3 is 14.5 Å². The van der Waals surface area contributed by atoms with Gasteiger partial charge in [-0.05, 0) is 76.9 Å². The molecule has 4 fully saturated rings. The summed E-state index contributed by atoms with van der Waals surface area (Å²) in [6.45, 7) is 7.33. The molecule has 168 valence electrons. The number of ether oxygens (including phenoxy) is 1. The third-order valence-corrected chi connectivity index (χ3v) is 7.89. The van der Waals surface area contributed by atoms with Gasteiger partial charge in [0.15, 0.2) is 0 Å². The summed E-state index contributed by atoms with van der Waals surface area (Å²) in [5.41, 5.74) is 7.52. The van der Waals surface area contributed by atoms with Crippen LogP contribution in [0.4, 0.5) is 4.79 Å². The van der Waals surface area contributed by atoms with Crippen LogP contribution in [-0.2, 0) is 4.74 Å². The minimum atomic E-state index is -0.145. The summed E-state index contributed by atoms with van der Waals surface area (Å²) < 4.78 is 5.18. The molecule has 1 unspecified atom stereocenters. The molecular formula is C21H37N7O2. The standard InChI is InChI=1S/C21H37N7O2/c1-3-30-20(29)27-12-8-21(15-27)13-17(14-21)26-10-6-16(7-11-26)28-9-4-5-18(28)19(22)25(2)24-23/h16-18,22-23H,3-15H2,1-2H3. The Hall–Kier alpha value is -1.74. The molecule has 1 atom stereocenters. The van der Waals surface area contributed by atoms with Crippen LogP contribution >= 0.6 is 0 Å². The number of likely N-dealkylation sites (tertiary alicyclic amines) is 3. The van der Waals surface area contributed by atoms with Gasteiger partial charge in [0.05, 0.1) is 12.6 Å². The highest BCUT2D eigenvalue weighted by Crippen LogP contribution is 2.50. The molecule has 4 rings (SSSR count). The van der Waals surface area contributed by atoms with Gasteiger partial charge in [-0.25, -0.2) is 9.80 Å². The lowest BCUT2D eigenvalue weighted by molar-refractivity contribution is -0.0156. The van der Waals surface area contributed by atoms with Crippen molar-refractivity contribution in [3.63, 3.8) is 0 Å². The SMILES string of the molecule is CCOC(=O)N1CCC2(CC(N3CCC(N4CCCC4C(=N)N(C)N=N)CC3)C2)C1. The summed E-state index contributed by atoms with van der Waals surface area (Å²) in [6, 6.07) is 1.31. The molecule has 1 spiro atoms. The first kappa shape index (κ1) is 21.5. The van der Waals surface area contributed by atoms with E-state index in [1.165, 1.54) is 17.9 Å². The van der Waals surface area contributed by atoms with Crippen LogP contribution in [0, 0.1) is 16.4 Å². The predicted octanol–water partition coefficient (Wildman–Crippen LogP) is 2.78. The molecule has 3 saturated heterocycles. The maximum Gasteiger partial charge on any atom is 0.409 e. The van der Waals surface area contributed by atoms with E-state index >= 15 is 0 Å². The van der Waals surface area contributed by atoms with Gasteiger partial charge in [0.25, 0.3) is 0 Å². The Kier molecular flexibility index (Phi) is 6.29. The van der Waals surface area contributed by atoms with E-state index in [1.54, 1.807) is 7.05 Å². The van der Waals surface area contributed by atoms with Gasteiger partial charge in [0.1, 0.15) is 5.84 Å². The summed E-state index contributed by atoms with van der Waals surface area (Å²) >= 11 is 0. The minimum absolute atomic E-state index is 0.111. The monoisotopic (exact) mass is 419 g/mol. The number of amides is 1. The van der Waals surface area contributed by atoms with Crippen molar-refractivity contribution >= 4 is 11.9 Å². The second-order valence-corrected chi connectivity index (χ2v) is 9.60. The van der Waals surface area contributed by atoms with Crippen molar-refractivity contribution in [2.24, 2.45) is 10.6 Å². The van der Waals surface area contributed by atoms with Crippen molar-refractivity contribution in [2.45, 2.75) is 70.0 Å². The third-order valence-electron chi connectivity index (χ3n) is 7.89. The van der Waals surface area contributed by atoms with E-state index < -0.39 is 0 Å². The van der Waals surface area contributed by atoms with Crippen molar-refractivity contribution in [3.05, 3.63) is 0 Å². The van der Waals surface area contributed by atoms with Crippen LogP contribution in [-0.4, -0.2) is 96.1 Å². The van der Waals surface area contributed by atoms with E-state index in [2.05, 4.69) is 15.0 Å². The zero-order chi connectivity index (χ0) is 21.3. The molecule has 3 heterocycles. The highest BCUT2D eigenvalue weighted by Gasteiger charge is 2.51. The number of nitrogens with one attached hydrogen (secondary N) is 2. The van der Waals surface area contributed by atoms with E-state index in [-0.39, 0.29) is 12.1 Å². The number of nitrogens with zero attached hydrogens (tertiary/aromatic N) is 5. The smallest absolute Gasteiger partial charge is 0.409 e. The number of piperidine rings is 1. The highest BCUT2D eigenvalue weighted by atomic mass is 16.6. The van der Waals surface area contributed by atoms with Crippen LogP contribution in [0.1, 0.15) is 51.9 Å². The van der Waals surface area contributed by atoms with Crippen LogP contribution in [0.15, 0.2) is 5.22 Å². The predicted molar refractivity (Wildman–Crippen MR) is 114 cm³/mol. The number of carbonyl (C=O) groups excluding carboxylic acids is 1. The maximum atomic E-state index is 12.0. The van der Waals surface area contributed by atoms with E-state index in [1.807, 2.05) is 11.8 Å². The van der Waals surface area contributed by atoms with Crippen molar-refractivity contribution in [1.82, 2.24) is 19.7 Å². The minimum Gasteiger partial charge on any atom is -0.450 e. The van der Waals surface area contributed by atoms with Gasteiger partial charge in [-0.15, -0.1) is 0 Å².